The number of fused-ring (bicyclic) bond motifs is 3. The van der Waals surface area contributed by atoms with E-state index in [1.165, 1.54) is 19.3 Å². The number of carbonyl (C=O) groups excluding carboxylic acids is 1. The van der Waals surface area contributed by atoms with Gasteiger partial charge in [-0.1, -0.05) is 24.6 Å². The smallest absolute Gasteiger partial charge is 0.166 e. The van der Waals surface area contributed by atoms with Crippen molar-refractivity contribution in [3.05, 3.63) is 42.1 Å². The van der Waals surface area contributed by atoms with E-state index >= 15 is 0 Å². The second-order valence-corrected chi connectivity index (χ2v) is 7.82. The minimum atomic E-state index is 0.215. The summed E-state index contributed by atoms with van der Waals surface area (Å²) in [7, 11) is 0. The van der Waals surface area contributed by atoms with E-state index in [2.05, 4.69) is 16.7 Å². The van der Waals surface area contributed by atoms with Crippen molar-refractivity contribution in [2.24, 2.45) is 5.92 Å². The van der Waals surface area contributed by atoms with Crippen LogP contribution in [0.1, 0.15) is 42.5 Å². The maximum absolute atomic E-state index is 13.0. The molecule has 2 aliphatic heterocycles. The first kappa shape index (κ1) is 13.3. The van der Waals surface area contributed by atoms with Gasteiger partial charge in [-0.15, -0.1) is 0 Å². The van der Waals surface area contributed by atoms with Gasteiger partial charge in [-0.3, -0.25) is 9.78 Å². The van der Waals surface area contributed by atoms with Gasteiger partial charge >= 0.3 is 0 Å². The number of thioether (sulfide) groups is 1. The van der Waals surface area contributed by atoms with Crippen molar-refractivity contribution in [3.63, 3.8) is 0 Å². The van der Waals surface area contributed by atoms with E-state index in [-0.39, 0.29) is 5.92 Å². The molecule has 4 rings (SSSR count). The van der Waals surface area contributed by atoms with E-state index in [4.69, 9.17) is 0 Å². The topological polar surface area (TPSA) is 30.0 Å². The summed E-state index contributed by atoms with van der Waals surface area (Å²) in [6, 6.07) is 9.88. The minimum Gasteiger partial charge on any atom is -0.294 e. The summed E-state index contributed by atoms with van der Waals surface area (Å²) in [5.74, 6) is 0.554. The van der Waals surface area contributed by atoms with E-state index in [0.717, 1.165) is 29.3 Å². The lowest BCUT2D eigenvalue weighted by Gasteiger charge is -2.38. The van der Waals surface area contributed by atoms with Gasteiger partial charge in [-0.2, -0.15) is 11.8 Å². The van der Waals surface area contributed by atoms with E-state index in [0.29, 0.717) is 16.3 Å². The molecule has 3 heteroatoms. The first-order chi connectivity index (χ1) is 10.3. The predicted octanol–water partition coefficient (Wildman–Crippen LogP) is 4.48. The van der Waals surface area contributed by atoms with Gasteiger partial charge in [0.15, 0.2) is 5.78 Å². The molecule has 2 bridgehead atoms. The molecule has 1 aromatic heterocycles. The summed E-state index contributed by atoms with van der Waals surface area (Å²) in [5, 5.41) is 2.42. The van der Waals surface area contributed by atoms with Gasteiger partial charge in [0.2, 0.25) is 0 Å². The summed E-state index contributed by atoms with van der Waals surface area (Å²) >= 11 is 2.13. The van der Waals surface area contributed by atoms with Crippen LogP contribution in [0.3, 0.4) is 0 Å². The molecule has 2 nitrogen and oxygen atoms in total. The molecule has 0 aliphatic carbocycles. The Kier molecular flexibility index (Phi) is 3.46. The first-order valence-corrected chi connectivity index (χ1v) is 8.79. The molecule has 0 N–H and O–H groups in total. The average molecular weight is 297 g/mol. The van der Waals surface area contributed by atoms with Crippen molar-refractivity contribution in [2.75, 3.05) is 0 Å². The van der Waals surface area contributed by atoms with Crippen LogP contribution in [0.4, 0.5) is 0 Å². The van der Waals surface area contributed by atoms with Crippen molar-refractivity contribution in [2.45, 2.75) is 42.6 Å². The third-order valence-corrected chi connectivity index (χ3v) is 6.44. The van der Waals surface area contributed by atoms with E-state index in [9.17, 15) is 4.79 Å². The third-order valence-electron chi connectivity index (χ3n) is 4.82. The van der Waals surface area contributed by atoms with Crippen molar-refractivity contribution < 1.29 is 4.79 Å². The van der Waals surface area contributed by atoms with Crippen LogP contribution in [-0.2, 0) is 0 Å². The first-order valence-electron chi connectivity index (χ1n) is 7.84. The van der Waals surface area contributed by atoms with Crippen molar-refractivity contribution in [1.29, 1.82) is 0 Å². The number of para-hydroxylation sites is 1. The molecule has 21 heavy (non-hydrogen) atoms. The molecule has 0 amide bonds. The van der Waals surface area contributed by atoms with Gasteiger partial charge in [0, 0.05) is 33.6 Å². The molecule has 2 atom stereocenters. The van der Waals surface area contributed by atoms with Gasteiger partial charge in [-0.25, -0.2) is 0 Å². The van der Waals surface area contributed by atoms with Gasteiger partial charge in [0.1, 0.15) is 0 Å². The molecule has 1 aromatic carbocycles. The predicted molar refractivity (Wildman–Crippen MR) is 87.8 cm³/mol. The van der Waals surface area contributed by atoms with Gasteiger partial charge in [0.25, 0.3) is 0 Å². The van der Waals surface area contributed by atoms with Crippen LogP contribution in [0.2, 0.25) is 0 Å². The molecular formula is C18H19NOS. The lowest BCUT2D eigenvalue weighted by molar-refractivity contribution is 0.0898. The molecular weight excluding hydrogens is 278 g/mol. The molecule has 2 unspecified atom stereocenters. The highest BCUT2D eigenvalue weighted by molar-refractivity contribution is 8.00. The largest absolute Gasteiger partial charge is 0.294 e. The normalized spacial score (nSPS) is 28.5. The van der Waals surface area contributed by atoms with Gasteiger partial charge in [-0.05, 0) is 37.8 Å². The molecule has 2 aromatic rings. The SMILES string of the molecule is O=C(c1ccnc2ccccc12)C1CC2CCCC(C1)S2. The molecule has 2 aliphatic rings. The van der Waals surface area contributed by atoms with Crippen LogP contribution >= 0.6 is 11.8 Å². The summed E-state index contributed by atoms with van der Waals surface area (Å²) < 4.78 is 0. The molecule has 0 spiro atoms. The fourth-order valence-electron chi connectivity index (χ4n) is 3.80. The Hall–Kier alpha value is -1.35. The number of carbonyl (C=O) groups is 1. The van der Waals surface area contributed by atoms with Crippen molar-refractivity contribution in [1.82, 2.24) is 4.98 Å². The zero-order valence-electron chi connectivity index (χ0n) is 12.0. The minimum absolute atomic E-state index is 0.215. The summed E-state index contributed by atoms with van der Waals surface area (Å²) in [5.41, 5.74) is 1.80. The lowest BCUT2D eigenvalue weighted by atomic mass is 9.84. The van der Waals surface area contributed by atoms with Crippen LogP contribution in [0.25, 0.3) is 10.9 Å². The Bertz CT molecular complexity index is 666. The van der Waals surface area contributed by atoms with Crippen LogP contribution in [0.15, 0.2) is 36.5 Å². The zero-order valence-corrected chi connectivity index (χ0v) is 12.8. The molecule has 2 saturated heterocycles. The highest BCUT2D eigenvalue weighted by Crippen LogP contribution is 2.44. The Balaban J connectivity index is 1.67. The number of Topliss-reactive ketones (excluding diaryl/α,β-unsaturated/α-hetero) is 1. The number of hydrogen-bond donors (Lipinski definition) is 0. The highest BCUT2D eigenvalue weighted by Gasteiger charge is 2.36. The lowest BCUT2D eigenvalue weighted by Crippen LogP contribution is -2.33. The van der Waals surface area contributed by atoms with Crippen LogP contribution in [-0.4, -0.2) is 21.3 Å². The molecule has 3 heterocycles. The fraction of sp³-hybridized carbons (Fsp3) is 0.444. The molecule has 2 fully saturated rings. The molecule has 108 valence electrons. The summed E-state index contributed by atoms with van der Waals surface area (Å²) in [6.45, 7) is 0. The Labute approximate surface area is 129 Å². The molecule has 0 saturated carbocycles. The van der Waals surface area contributed by atoms with Crippen molar-refractivity contribution >= 4 is 28.4 Å². The van der Waals surface area contributed by atoms with Gasteiger partial charge < -0.3 is 0 Å². The molecule has 0 radical (unpaired) electrons. The zero-order chi connectivity index (χ0) is 14.2. The Morgan fingerprint density at radius 2 is 1.86 bits per heavy atom. The second kappa shape index (κ2) is 5.45. The maximum Gasteiger partial charge on any atom is 0.166 e. The number of nitrogens with zero attached hydrogens (tertiary/aromatic N) is 1. The average Bonchev–Trinajstić information content (AvgIpc) is 2.53. The number of hydrogen-bond acceptors (Lipinski definition) is 3. The fourth-order valence-corrected chi connectivity index (χ4v) is 5.64. The Morgan fingerprint density at radius 3 is 2.67 bits per heavy atom. The standard InChI is InChI=1S/C18H19NOS/c20-18(12-10-13-4-3-5-14(11-12)21-13)16-8-9-19-17-7-2-1-6-15(16)17/h1-2,6-9,12-14H,3-5,10-11H2. The number of pyridine rings is 1. The van der Waals surface area contributed by atoms with Crippen LogP contribution in [0, 0.1) is 5.92 Å². The second-order valence-electron chi connectivity index (χ2n) is 6.22. The maximum atomic E-state index is 13.0. The number of rotatable bonds is 2. The van der Waals surface area contributed by atoms with Gasteiger partial charge in [0.05, 0.1) is 5.52 Å². The van der Waals surface area contributed by atoms with E-state index < -0.39 is 0 Å². The monoisotopic (exact) mass is 297 g/mol. The number of benzene rings is 1. The number of aromatic nitrogens is 1. The van der Waals surface area contributed by atoms with E-state index in [1.807, 2.05) is 30.3 Å². The summed E-state index contributed by atoms with van der Waals surface area (Å²) in [4.78, 5) is 17.4. The highest BCUT2D eigenvalue weighted by atomic mass is 32.2. The van der Waals surface area contributed by atoms with Crippen LogP contribution < -0.4 is 0 Å². The van der Waals surface area contributed by atoms with Crippen molar-refractivity contribution in [3.8, 4) is 0 Å². The summed E-state index contributed by atoms with van der Waals surface area (Å²) in [6.07, 6.45) is 7.84. The quantitative estimate of drug-likeness (QED) is 0.765. The number of ketones is 1. The van der Waals surface area contributed by atoms with Crippen LogP contribution in [0.5, 0.6) is 0 Å². The Morgan fingerprint density at radius 1 is 1.10 bits per heavy atom. The van der Waals surface area contributed by atoms with E-state index in [1.54, 1.807) is 6.20 Å². The third kappa shape index (κ3) is 2.48.